The number of carbonyl (C=O) groups is 1. The maximum atomic E-state index is 11.7. The van der Waals surface area contributed by atoms with Crippen LogP contribution >= 0.6 is 15.9 Å². The molecule has 0 bridgehead atoms. The summed E-state index contributed by atoms with van der Waals surface area (Å²) in [6, 6.07) is 8.34. The van der Waals surface area contributed by atoms with E-state index in [2.05, 4.69) is 26.6 Å². The van der Waals surface area contributed by atoms with E-state index in [4.69, 9.17) is 0 Å². The van der Waals surface area contributed by atoms with Crippen molar-refractivity contribution in [1.82, 2.24) is 10.6 Å². The van der Waals surface area contributed by atoms with Crippen LogP contribution in [0.4, 0.5) is 4.79 Å². The molecule has 0 radical (unpaired) electrons. The van der Waals surface area contributed by atoms with Crippen molar-refractivity contribution in [3.63, 3.8) is 0 Å². The first-order valence-electron chi connectivity index (χ1n) is 5.97. The summed E-state index contributed by atoms with van der Waals surface area (Å²) in [4.78, 5) is 11.7. The highest BCUT2D eigenvalue weighted by Crippen LogP contribution is 2.19. The fraction of sp³-hybridized carbons (Fsp3) is 0.462. The highest BCUT2D eigenvalue weighted by molar-refractivity contribution is 9.10. The van der Waals surface area contributed by atoms with Crippen molar-refractivity contribution in [2.45, 2.75) is 38.3 Å². The number of carbonyl (C=O) groups excluding carboxylic acids is 1. The number of rotatable bonds is 3. The standard InChI is InChI=1S/C13H17BrN2O/c1-9(10-5-7-11(14)8-6-10)15-13(17)16-12-3-2-4-12/h5-9,12H,2-4H2,1H3,(H2,15,16,17)/t9-/m0/s1. The molecule has 1 aliphatic rings. The average molecular weight is 297 g/mol. The lowest BCUT2D eigenvalue weighted by Gasteiger charge is -2.27. The van der Waals surface area contributed by atoms with Crippen LogP contribution in [0.3, 0.4) is 0 Å². The molecular formula is C13H17BrN2O. The van der Waals surface area contributed by atoms with Crippen LogP contribution in [0.2, 0.25) is 0 Å². The van der Waals surface area contributed by atoms with E-state index in [1.165, 1.54) is 6.42 Å². The van der Waals surface area contributed by atoms with E-state index < -0.39 is 0 Å². The Bertz CT molecular complexity index is 387. The van der Waals surface area contributed by atoms with Gasteiger partial charge in [0.05, 0.1) is 6.04 Å². The molecule has 0 heterocycles. The van der Waals surface area contributed by atoms with Crippen LogP contribution in [0.1, 0.15) is 37.8 Å². The highest BCUT2D eigenvalue weighted by Gasteiger charge is 2.20. The van der Waals surface area contributed by atoms with Crippen LogP contribution in [0.15, 0.2) is 28.7 Å². The zero-order chi connectivity index (χ0) is 12.3. The number of urea groups is 1. The second-order valence-corrected chi connectivity index (χ2v) is 5.43. The molecule has 3 nitrogen and oxygen atoms in total. The molecule has 1 fully saturated rings. The van der Waals surface area contributed by atoms with E-state index in [1.54, 1.807) is 0 Å². The summed E-state index contributed by atoms with van der Waals surface area (Å²) < 4.78 is 1.05. The molecule has 1 atom stereocenters. The molecule has 0 aromatic heterocycles. The molecule has 4 heteroatoms. The van der Waals surface area contributed by atoms with Gasteiger partial charge in [-0.05, 0) is 43.9 Å². The summed E-state index contributed by atoms with van der Waals surface area (Å²) in [5.41, 5.74) is 1.11. The smallest absolute Gasteiger partial charge is 0.315 e. The van der Waals surface area contributed by atoms with Gasteiger partial charge in [0.15, 0.2) is 0 Å². The Hall–Kier alpha value is -1.03. The van der Waals surface area contributed by atoms with Crippen LogP contribution in [0.25, 0.3) is 0 Å². The zero-order valence-corrected chi connectivity index (χ0v) is 11.5. The lowest BCUT2D eigenvalue weighted by atomic mass is 9.93. The highest BCUT2D eigenvalue weighted by atomic mass is 79.9. The minimum absolute atomic E-state index is 0.0307. The first-order chi connectivity index (χ1) is 8.15. The largest absolute Gasteiger partial charge is 0.335 e. The molecule has 0 unspecified atom stereocenters. The summed E-state index contributed by atoms with van der Waals surface area (Å²) >= 11 is 3.40. The van der Waals surface area contributed by atoms with Crippen molar-refractivity contribution in [3.05, 3.63) is 34.3 Å². The lowest BCUT2D eigenvalue weighted by Crippen LogP contribution is -2.45. The molecule has 0 saturated heterocycles. The monoisotopic (exact) mass is 296 g/mol. The summed E-state index contributed by atoms with van der Waals surface area (Å²) in [5.74, 6) is 0. The van der Waals surface area contributed by atoms with Crippen molar-refractivity contribution in [3.8, 4) is 0 Å². The maximum absolute atomic E-state index is 11.7. The van der Waals surface area contributed by atoms with E-state index in [0.29, 0.717) is 6.04 Å². The van der Waals surface area contributed by atoms with Crippen LogP contribution in [0, 0.1) is 0 Å². The molecule has 2 amide bonds. The molecule has 1 aromatic rings. The van der Waals surface area contributed by atoms with Gasteiger partial charge in [-0.15, -0.1) is 0 Å². The fourth-order valence-corrected chi connectivity index (χ4v) is 2.08. The van der Waals surface area contributed by atoms with E-state index >= 15 is 0 Å². The van der Waals surface area contributed by atoms with Gasteiger partial charge < -0.3 is 10.6 Å². The van der Waals surface area contributed by atoms with Crippen molar-refractivity contribution in [2.24, 2.45) is 0 Å². The predicted molar refractivity (Wildman–Crippen MR) is 71.9 cm³/mol. The Labute approximate surface area is 110 Å². The molecule has 1 aromatic carbocycles. The summed E-state index contributed by atoms with van der Waals surface area (Å²) in [6.45, 7) is 1.99. The Kier molecular flexibility index (Phi) is 4.05. The number of benzene rings is 1. The van der Waals surface area contributed by atoms with Gasteiger partial charge in [-0.1, -0.05) is 28.1 Å². The van der Waals surface area contributed by atoms with E-state index in [9.17, 15) is 4.79 Å². The zero-order valence-electron chi connectivity index (χ0n) is 9.87. The molecule has 1 aliphatic carbocycles. The summed E-state index contributed by atoms with van der Waals surface area (Å²) in [6.07, 6.45) is 3.45. The van der Waals surface area contributed by atoms with Crippen molar-refractivity contribution in [2.75, 3.05) is 0 Å². The molecule has 92 valence electrons. The number of halogens is 1. The fourth-order valence-electron chi connectivity index (χ4n) is 1.81. The molecule has 2 N–H and O–H groups in total. The van der Waals surface area contributed by atoms with Crippen LogP contribution in [0.5, 0.6) is 0 Å². The number of nitrogens with one attached hydrogen (secondary N) is 2. The number of amides is 2. The van der Waals surface area contributed by atoms with Crippen LogP contribution in [-0.2, 0) is 0 Å². The molecule has 2 rings (SSSR count). The number of hydrogen-bond donors (Lipinski definition) is 2. The topological polar surface area (TPSA) is 41.1 Å². The average Bonchev–Trinajstić information content (AvgIpc) is 2.24. The first-order valence-corrected chi connectivity index (χ1v) is 6.77. The van der Waals surface area contributed by atoms with E-state index in [1.807, 2.05) is 31.2 Å². The van der Waals surface area contributed by atoms with Gasteiger partial charge in [0.1, 0.15) is 0 Å². The second kappa shape index (κ2) is 5.54. The third-order valence-corrected chi connectivity index (χ3v) is 3.69. The van der Waals surface area contributed by atoms with E-state index in [-0.39, 0.29) is 12.1 Å². The SMILES string of the molecule is C[C@H](NC(=O)NC1CCC1)c1ccc(Br)cc1. The van der Waals surface area contributed by atoms with Gasteiger partial charge in [-0.2, -0.15) is 0 Å². The van der Waals surface area contributed by atoms with Gasteiger partial charge in [-0.3, -0.25) is 0 Å². The van der Waals surface area contributed by atoms with Crippen molar-refractivity contribution < 1.29 is 4.79 Å². The number of hydrogen-bond acceptors (Lipinski definition) is 1. The molecular weight excluding hydrogens is 280 g/mol. The Morgan fingerprint density at radius 1 is 1.35 bits per heavy atom. The predicted octanol–water partition coefficient (Wildman–Crippen LogP) is 3.36. The van der Waals surface area contributed by atoms with Crippen molar-refractivity contribution in [1.29, 1.82) is 0 Å². The molecule has 0 spiro atoms. The second-order valence-electron chi connectivity index (χ2n) is 4.52. The lowest BCUT2D eigenvalue weighted by molar-refractivity contribution is 0.225. The Morgan fingerprint density at radius 3 is 2.53 bits per heavy atom. The summed E-state index contributed by atoms with van der Waals surface area (Å²) in [7, 11) is 0. The Balaban J connectivity index is 1.84. The first kappa shape index (κ1) is 12.4. The van der Waals surface area contributed by atoms with Gasteiger partial charge in [0, 0.05) is 10.5 Å². The summed E-state index contributed by atoms with van der Waals surface area (Å²) in [5, 5.41) is 5.92. The van der Waals surface area contributed by atoms with Gasteiger partial charge in [-0.25, -0.2) is 4.79 Å². The van der Waals surface area contributed by atoms with Crippen LogP contribution in [-0.4, -0.2) is 12.1 Å². The third kappa shape index (κ3) is 3.46. The van der Waals surface area contributed by atoms with E-state index in [0.717, 1.165) is 22.9 Å². The van der Waals surface area contributed by atoms with Gasteiger partial charge in [0.2, 0.25) is 0 Å². The molecule has 17 heavy (non-hydrogen) atoms. The normalized spacial score (nSPS) is 17.1. The molecule has 0 aliphatic heterocycles. The maximum Gasteiger partial charge on any atom is 0.315 e. The van der Waals surface area contributed by atoms with Gasteiger partial charge in [0.25, 0.3) is 0 Å². The van der Waals surface area contributed by atoms with Gasteiger partial charge >= 0.3 is 6.03 Å². The minimum atomic E-state index is -0.0647. The Morgan fingerprint density at radius 2 is 2.00 bits per heavy atom. The van der Waals surface area contributed by atoms with Crippen LogP contribution < -0.4 is 10.6 Å². The third-order valence-electron chi connectivity index (χ3n) is 3.16. The minimum Gasteiger partial charge on any atom is -0.335 e. The molecule has 1 saturated carbocycles. The van der Waals surface area contributed by atoms with Crippen molar-refractivity contribution >= 4 is 22.0 Å². The quantitative estimate of drug-likeness (QED) is 0.882.